The lowest BCUT2D eigenvalue weighted by molar-refractivity contribution is -0.215. The van der Waals surface area contributed by atoms with Crippen molar-refractivity contribution in [1.82, 2.24) is 4.98 Å². The van der Waals surface area contributed by atoms with Crippen LogP contribution in [0.5, 0.6) is 5.75 Å². The van der Waals surface area contributed by atoms with Gasteiger partial charge in [-0.3, -0.25) is 14.6 Å². The Kier molecular flexibility index (Phi) is 5.96. The summed E-state index contributed by atoms with van der Waals surface area (Å²) in [4.78, 5) is 57.0. The van der Waals surface area contributed by atoms with E-state index >= 15 is 0 Å². The van der Waals surface area contributed by atoms with Gasteiger partial charge in [0.15, 0.2) is 11.2 Å². The van der Waals surface area contributed by atoms with Crippen LogP contribution in [0, 0.1) is 34.0 Å². The molecule has 3 aliphatic carbocycles. The van der Waals surface area contributed by atoms with E-state index in [-0.39, 0.29) is 12.2 Å². The third-order valence-corrected chi connectivity index (χ3v) is 8.99. The fraction of sp³-hybridized carbons (Fsp3) is 0.483. The molecule has 1 aromatic rings. The quantitative estimate of drug-likeness (QED) is 0.197. The Balaban J connectivity index is 1.55. The number of methoxy groups -OCH3 is 1. The van der Waals surface area contributed by atoms with Crippen molar-refractivity contribution in [2.75, 3.05) is 13.7 Å². The summed E-state index contributed by atoms with van der Waals surface area (Å²) in [6.07, 6.45) is 11.5. The number of esters is 2. The van der Waals surface area contributed by atoms with Gasteiger partial charge in [0.05, 0.1) is 13.3 Å². The van der Waals surface area contributed by atoms with Gasteiger partial charge in [-0.15, -0.1) is 0 Å². The average molecular weight is 506 g/mol. The maximum absolute atomic E-state index is 13.8. The van der Waals surface area contributed by atoms with Gasteiger partial charge in [-0.1, -0.05) is 32.6 Å². The van der Waals surface area contributed by atoms with E-state index in [9.17, 15) is 19.2 Å². The molecule has 2 heterocycles. The number of aldehydes is 1. The molecule has 8 heteroatoms. The lowest BCUT2D eigenvalue weighted by Gasteiger charge is -2.58. The Bertz CT molecular complexity index is 1250. The van der Waals surface area contributed by atoms with E-state index in [1.807, 2.05) is 26.0 Å². The van der Waals surface area contributed by atoms with Gasteiger partial charge in [-0.2, -0.15) is 0 Å². The summed E-state index contributed by atoms with van der Waals surface area (Å²) in [6.45, 7) is 8.03. The van der Waals surface area contributed by atoms with Gasteiger partial charge >= 0.3 is 11.9 Å². The number of carbonyl (C=O) groups is 4. The van der Waals surface area contributed by atoms with E-state index in [2.05, 4.69) is 11.6 Å². The highest BCUT2D eigenvalue weighted by atomic mass is 16.6. The summed E-state index contributed by atoms with van der Waals surface area (Å²) < 4.78 is 16.9. The van der Waals surface area contributed by atoms with Crippen molar-refractivity contribution in [2.45, 2.75) is 39.2 Å². The van der Waals surface area contributed by atoms with Crippen LogP contribution >= 0.6 is 0 Å². The van der Waals surface area contributed by atoms with Crippen LogP contribution in [-0.2, 0) is 28.7 Å². The average Bonchev–Trinajstić information content (AvgIpc) is 2.99. The molecule has 0 N–H and O–H groups in total. The molecule has 194 valence electrons. The van der Waals surface area contributed by atoms with E-state index in [1.165, 1.54) is 25.5 Å². The van der Waals surface area contributed by atoms with Gasteiger partial charge in [0, 0.05) is 35.1 Å². The van der Waals surface area contributed by atoms with E-state index < -0.39 is 57.8 Å². The highest BCUT2D eigenvalue weighted by Crippen LogP contribution is 2.67. The fourth-order valence-corrected chi connectivity index (χ4v) is 7.29. The molecule has 5 rings (SSSR count). The molecule has 0 aromatic carbocycles. The Labute approximate surface area is 215 Å². The smallest absolute Gasteiger partial charge is 0.331 e. The SMILES string of the molecule is C=C1C(=O)[C@@]23C(=O)OC[C@]4(C=CCC(C)(C)[C@H]4C=O)[C@@H]2CC[C@@H]1[C@H]3OC(=O)/C=C/c1ccncc1OC. The number of rotatable bonds is 5. The minimum atomic E-state index is -1.73. The largest absolute Gasteiger partial charge is 0.495 e. The highest BCUT2D eigenvalue weighted by Gasteiger charge is 2.76. The molecule has 6 atom stereocenters. The molecule has 37 heavy (non-hydrogen) atoms. The molecule has 2 spiro atoms. The normalized spacial score (nSPS) is 35.8. The van der Waals surface area contributed by atoms with Crippen molar-refractivity contribution >= 4 is 30.1 Å². The fourth-order valence-electron chi connectivity index (χ4n) is 7.29. The number of Topliss-reactive ketones (excluding diaryl/α,β-unsaturated/α-hetero) is 1. The van der Waals surface area contributed by atoms with Crippen molar-refractivity contribution in [3.63, 3.8) is 0 Å². The number of hydrogen-bond acceptors (Lipinski definition) is 8. The molecule has 0 unspecified atom stereocenters. The van der Waals surface area contributed by atoms with Crippen LogP contribution in [0.1, 0.15) is 38.7 Å². The summed E-state index contributed by atoms with van der Waals surface area (Å²) in [5, 5.41) is 0. The van der Waals surface area contributed by atoms with Crippen molar-refractivity contribution in [1.29, 1.82) is 0 Å². The van der Waals surface area contributed by atoms with Crippen LogP contribution in [0.2, 0.25) is 0 Å². The van der Waals surface area contributed by atoms with Gasteiger partial charge in [-0.25, -0.2) is 4.79 Å². The lowest BCUT2D eigenvalue weighted by atomic mass is 9.46. The van der Waals surface area contributed by atoms with Crippen molar-refractivity contribution in [2.24, 2.45) is 34.0 Å². The zero-order chi connectivity index (χ0) is 26.6. The van der Waals surface area contributed by atoms with Gasteiger partial charge in [-0.05, 0) is 48.3 Å². The Morgan fingerprint density at radius 2 is 2.05 bits per heavy atom. The predicted molar refractivity (Wildman–Crippen MR) is 133 cm³/mol. The maximum Gasteiger partial charge on any atom is 0.331 e. The molecular formula is C29H31NO7. The van der Waals surface area contributed by atoms with Crippen molar-refractivity contribution in [3.05, 3.63) is 54.4 Å². The first-order valence-corrected chi connectivity index (χ1v) is 12.5. The second kappa shape index (κ2) is 8.78. The molecule has 3 fully saturated rings. The van der Waals surface area contributed by atoms with E-state index in [0.717, 1.165) is 6.29 Å². The second-order valence-electron chi connectivity index (χ2n) is 11.2. The van der Waals surface area contributed by atoms with Gasteiger partial charge in [0.1, 0.15) is 24.7 Å². The van der Waals surface area contributed by atoms with Crippen LogP contribution in [0.3, 0.4) is 0 Å². The summed E-state index contributed by atoms with van der Waals surface area (Å²) >= 11 is 0. The number of hydrogen-bond donors (Lipinski definition) is 0. The zero-order valence-electron chi connectivity index (χ0n) is 21.3. The number of fused-ring (bicyclic) bond motifs is 2. The Morgan fingerprint density at radius 3 is 2.78 bits per heavy atom. The lowest BCUT2D eigenvalue weighted by Crippen LogP contribution is -2.66. The molecule has 8 nitrogen and oxygen atoms in total. The van der Waals surface area contributed by atoms with E-state index in [0.29, 0.717) is 30.6 Å². The number of ketones is 1. The maximum atomic E-state index is 13.8. The number of carbonyl (C=O) groups excluding carboxylic acids is 4. The van der Waals surface area contributed by atoms with Gasteiger partial charge < -0.3 is 19.0 Å². The summed E-state index contributed by atoms with van der Waals surface area (Å²) in [6, 6.07) is 1.69. The number of cyclic esters (lactones) is 1. The Morgan fingerprint density at radius 1 is 1.27 bits per heavy atom. The van der Waals surface area contributed by atoms with E-state index in [1.54, 1.807) is 12.3 Å². The molecular weight excluding hydrogens is 474 g/mol. The highest BCUT2D eigenvalue weighted by molar-refractivity contribution is 6.16. The topological polar surface area (TPSA) is 109 Å². The molecule has 2 saturated carbocycles. The van der Waals surface area contributed by atoms with Crippen LogP contribution in [0.4, 0.5) is 0 Å². The molecule has 1 aliphatic heterocycles. The minimum Gasteiger partial charge on any atom is -0.495 e. The van der Waals surface area contributed by atoms with E-state index in [4.69, 9.17) is 14.2 Å². The summed E-state index contributed by atoms with van der Waals surface area (Å²) in [7, 11) is 1.50. The first-order valence-electron chi connectivity index (χ1n) is 12.5. The number of ether oxygens (including phenoxy) is 3. The summed E-state index contributed by atoms with van der Waals surface area (Å²) in [5.41, 5.74) is -2.09. The molecule has 1 saturated heterocycles. The summed E-state index contributed by atoms with van der Waals surface area (Å²) in [5.74, 6) is -2.88. The van der Waals surface area contributed by atoms with Crippen LogP contribution in [-0.4, -0.2) is 48.8 Å². The monoisotopic (exact) mass is 505 g/mol. The first kappa shape index (κ1) is 25.1. The number of aromatic nitrogens is 1. The predicted octanol–water partition coefficient (Wildman–Crippen LogP) is 3.51. The molecule has 1 aromatic heterocycles. The Hall–Kier alpha value is -3.55. The minimum absolute atomic E-state index is 0.00835. The molecule has 2 bridgehead atoms. The van der Waals surface area contributed by atoms with Crippen LogP contribution in [0.15, 0.2) is 48.8 Å². The third kappa shape index (κ3) is 3.45. The van der Waals surface area contributed by atoms with Gasteiger partial charge in [0.25, 0.3) is 0 Å². The number of pyridine rings is 1. The third-order valence-electron chi connectivity index (χ3n) is 8.99. The van der Waals surface area contributed by atoms with Gasteiger partial charge in [0.2, 0.25) is 0 Å². The zero-order valence-corrected chi connectivity index (χ0v) is 21.3. The molecule has 0 radical (unpaired) electrons. The van der Waals surface area contributed by atoms with Crippen LogP contribution in [0.25, 0.3) is 6.08 Å². The van der Waals surface area contributed by atoms with Crippen LogP contribution < -0.4 is 4.74 Å². The first-order chi connectivity index (χ1) is 17.6. The molecule has 4 aliphatic rings. The number of allylic oxidation sites excluding steroid dienone is 1. The van der Waals surface area contributed by atoms with Crippen molar-refractivity contribution in [3.8, 4) is 5.75 Å². The van der Waals surface area contributed by atoms with Crippen molar-refractivity contribution < 1.29 is 33.4 Å². The second-order valence-corrected chi connectivity index (χ2v) is 11.2. The standard InChI is InChI=1S/C29H31NO7/c1-17-19-7-8-21-28(12-5-11-27(2,3)22(28)15-31)16-36-26(34)29(21,24(17)33)25(19)37-23(32)9-6-18-10-13-30-14-20(18)35-4/h5-6,9-10,12-15,19,21-22,25H,1,7-8,11,16H2,2-4H3/b9-6+/t19-,21-,22+,25+,28+,29-/m0/s1. The molecule has 0 amide bonds. The number of nitrogens with zero attached hydrogens (tertiary/aromatic N) is 1.